The summed E-state index contributed by atoms with van der Waals surface area (Å²) in [5.41, 5.74) is 1.43. The number of hydrogen-bond acceptors (Lipinski definition) is 1. The Kier molecular flexibility index (Phi) is 5.91. The number of hydrogen-bond donors (Lipinski definition) is 1. The van der Waals surface area contributed by atoms with Gasteiger partial charge in [-0.3, -0.25) is 0 Å². The zero-order valence-electron chi connectivity index (χ0n) is 12.6. The molecule has 1 nitrogen and oxygen atoms in total. The molecule has 1 atom stereocenters. The molecule has 19 heavy (non-hydrogen) atoms. The Hall–Kier alpha value is -0.820. The summed E-state index contributed by atoms with van der Waals surface area (Å²) >= 11 is 0. The number of benzene rings is 1. The molecule has 0 radical (unpaired) electrons. The van der Waals surface area contributed by atoms with Gasteiger partial charge >= 0.3 is 0 Å². The van der Waals surface area contributed by atoms with Gasteiger partial charge in [0.2, 0.25) is 0 Å². The first kappa shape index (κ1) is 14.6. The van der Waals surface area contributed by atoms with E-state index in [1.807, 2.05) is 0 Å². The minimum absolute atomic E-state index is 0.504. The third kappa shape index (κ3) is 4.65. The van der Waals surface area contributed by atoms with E-state index < -0.39 is 0 Å². The maximum Gasteiger partial charge on any atom is 0.0343 e. The van der Waals surface area contributed by atoms with Crippen molar-refractivity contribution in [3.05, 3.63) is 35.9 Å². The molecular weight excluding hydrogens is 230 g/mol. The third-order valence-corrected chi connectivity index (χ3v) is 4.47. The van der Waals surface area contributed by atoms with Crippen LogP contribution in [-0.2, 0) is 0 Å². The molecule has 1 aromatic carbocycles. The van der Waals surface area contributed by atoms with Crippen LogP contribution in [0.5, 0.6) is 0 Å². The van der Waals surface area contributed by atoms with Crippen LogP contribution in [0.4, 0.5) is 0 Å². The van der Waals surface area contributed by atoms with E-state index in [9.17, 15) is 0 Å². The Morgan fingerprint density at radius 3 is 2.37 bits per heavy atom. The van der Waals surface area contributed by atoms with E-state index in [2.05, 4.69) is 49.5 Å². The van der Waals surface area contributed by atoms with Gasteiger partial charge in [0.25, 0.3) is 0 Å². The molecule has 1 fully saturated rings. The van der Waals surface area contributed by atoms with Gasteiger partial charge in [0.05, 0.1) is 0 Å². The molecule has 1 heteroatoms. The Labute approximate surface area is 118 Å². The van der Waals surface area contributed by atoms with Crippen molar-refractivity contribution in [3.63, 3.8) is 0 Å². The van der Waals surface area contributed by atoms with Crippen LogP contribution >= 0.6 is 0 Å². The van der Waals surface area contributed by atoms with Crippen LogP contribution in [0.15, 0.2) is 30.3 Å². The van der Waals surface area contributed by atoms with E-state index in [4.69, 9.17) is 0 Å². The van der Waals surface area contributed by atoms with Crippen molar-refractivity contribution in [1.82, 2.24) is 5.32 Å². The molecule has 1 aliphatic carbocycles. The van der Waals surface area contributed by atoms with Gasteiger partial charge in [0.1, 0.15) is 0 Å². The lowest BCUT2D eigenvalue weighted by Gasteiger charge is -2.26. The van der Waals surface area contributed by atoms with Gasteiger partial charge in [-0.25, -0.2) is 0 Å². The van der Waals surface area contributed by atoms with Crippen molar-refractivity contribution in [1.29, 1.82) is 0 Å². The largest absolute Gasteiger partial charge is 0.310 e. The average Bonchev–Trinajstić information content (AvgIpc) is 2.45. The summed E-state index contributed by atoms with van der Waals surface area (Å²) in [5.74, 6) is 1.62. The number of nitrogens with one attached hydrogen (secondary N) is 1. The fraction of sp³-hybridized carbons (Fsp3) is 0.667. The first-order chi connectivity index (χ1) is 9.27. The predicted molar refractivity (Wildman–Crippen MR) is 83.2 cm³/mol. The van der Waals surface area contributed by atoms with E-state index in [0.717, 1.165) is 5.92 Å². The Bertz CT molecular complexity index is 338. The van der Waals surface area contributed by atoms with Crippen molar-refractivity contribution >= 4 is 0 Å². The van der Waals surface area contributed by atoms with Gasteiger partial charge < -0.3 is 5.32 Å². The molecule has 1 saturated carbocycles. The van der Waals surface area contributed by atoms with Crippen LogP contribution in [0.2, 0.25) is 0 Å². The smallest absolute Gasteiger partial charge is 0.0343 e. The monoisotopic (exact) mass is 259 g/mol. The standard InChI is InChI=1S/C18H29N/c1-15(2)18(17-11-7-4-8-12-17)19-14-13-16-9-5-3-6-10-16/h4,7-8,11-12,15-16,18-19H,3,5-6,9-10,13-14H2,1-2H3. The van der Waals surface area contributed by atoms with Crippen molar-refractivity contribution in [3.8, 4) is 0 Å². The molecule has 0 saturated heterocycles. The zero-order chi connectivity index (χ0) is 13.5. The summed E-state index contributed by atoms with van der Waals surface area (Å²) in [5, 5.41) is 3.78. The van der Waals surface area contributed by atoms with Crippen LogP contribution in [-0.4, -0.2) is 6.54 Å². The van der Waals surface area contributed by atoms with E-state index >= 15 is 0 Å². The van der Waals surface area contributed by atoms with E-state index in [-0.39, 0.29) is 0 Å². The molecule has 0 aliphatic heterocycles. The molecule has 2 rings (SSSR count). The van der Waals surface area contributed by atoms with Crippen molar-refractivity contribution < 1.29 is 0 Å². The highest BCUT2D eigenvalue weighted by Gasteiger charge is 2.17. The maximum atomic E-state index is 3.78. The summed E-state index contributed by atoms with van der Waals surface area (Å²) < 4.78 is 0. The highest BCUT2D eigenvalue weighted by molar-refractivity contribution is 5.19. The van der Waals surface area contributed by atoms with Crippen molar-refractivity contribution in [2.45, 2.75) is 58.4 Å². The molecule has 0 heterocycles. The first-order valence-electron chi connectivity index (χ1n) is 8.05. The fourth-order valence-corrected chi connectivity index (χ4v) is 3.32. The molecule has 1 aromatic rings. The minimum Gasteiger partial charge on any atom is -0.310 e. The summed E-state index contributed by atoms with van der Waals surface area (Å²) in [6.07, 6.45) is 8.64. The second-order valence-corrected chi connectivity index (χ2v) is 6.38. The van der Waals surface area contributed by atoms with Crippen molar-refractivity contribution in [2.75, 3.05) is 6.54 Å². The SMILES string of the molecule is CC(C)C(NCCC1CCCCC1)c1ccccc1. The molecule has 106 valence electrons. The molecule has 0 bridgehead atoms. The second-order valence-electron chi connectivity index (χ2n) is 6.38. The topological polar surface area (TPSA) is 12.0 Å². The molecule has 0 aromatic heterocycles. The Balaban J connectivity index is 1.80. The van der Waals surface area contributed by atoms with Gasteiger partial charge in [-0.1, -0.05) is 76.3 Å². The van der Waals surface area contributed by atoms with E-state index in [1.165, 1.54) is 50.6 Å². The molecule has 1 unspecified atom stereocenters. The molecular formula is C18H29N. The first-order valence-corrected chi connectivity index (χ1v) is 8.05. The normalized spacial score (nSPS) is 18.7. The van der Waals surface area contributed by atoms with Gasteiger partial charge in [-0.2, -0.15) is 0 Å². The molecule has 1 aliphatic rings. The number of rotatable bonds is 6. The lowest BCUT2D eigenvalue weighted by atomic mass is 9.87. The van der Waals surface area contributed by atoms with Crippen LogP contribution < -0.4 is 5.32 Å². The van der Waals surface area contributed by atoms with Crippen LogP contribution in [0.3, 0.4) is 0 Å². The summed E-state index contributed by atoms with van der Waals surface area (Å²) in [6.45, 7) is 5.79. The second kappa shape index (κ2) is 7.69. The Morgan fingerprint density at radius 1 is 1.05 bits per heavy atom. The summed E-state index contributed by atoms with van der Waals surface area (Å²) in [4.78, 5) is 0. The fourth-order valence-electron chi connectivity index (χ4n) is 3.32. The van der Waals surface area contributed by atoms with Gasteiger partial charge in [-0.15, -0.1) is 0 Å². The van der Waals surface area contributed by atoms with Crippen LogP contribution in [0.25, 0.3) is 0 Å². The summed E-state index contributed by atoms with van der Waals surface area (Å²) in [6, 6.07) is 11.4. The lowest BCUT2D eigenvalue weighted by Crippen LogP contribution is -2.28. The average molecular weight is 259 g/mol. The quantitative estimate of drug-likeness (QED) is 0.762. The van der Waals surface area contributed by atoms with Gasteiger partial charge in [0.15, 0.2) is 0 Å². The molecule has 0 spiro atoms. The van der Waals surface area contributed by atoms with Crippen LogP contribution in [0, 0.1) is 11.8 Å². The molecule has 1 N–H and O–H groups in total. The minimum atomic E-state index is 0.504. The third-order valence-electron chi connectivity index (χ3n) is 4.47. The highest BCUT2D eigenvalue weighted by atomic mass is 14.9. The van der Waals surface area contributed by atoms with Crippen LogP contribution in [0.1, 0.15) is 64.0 Å². The lowest BCUT2D eigenvalue weighted by molar-refractivity contribution is 0.317. The van der Waals surface area contributed by atoms with E-state index in [1.54, 1.807) is 0 Å². The predicted octanol–water partition coefficient (Wildman–Crippen LogP) is 4.94. The van der Waals surface area contributed by atoms with Gasteiger partial charge in [-0.05, 0) is 30.4 Å². The zero-order valence-corrected chi connectivity index (χ0v) is 12.6. The maximum absolute atomic E-state index is 3.78. The summed E-state index contributed by atoms with van der Waals surface area (Å²) in [7, 11) is 0. The van der Waals surface area contributed by atoms with E-state index in [0.29, 0.717) is 12.0 Å². The van der Waals surface area contributed by atoms with Gasteiger partial charge in [0, 0.05) is 6.04 Å². The highest BCUT2D eigenvalue weighted by Crippen LogP contribution is 2.27. The Morgan fingerprint density at radius 2 is 1.74 bits per heavy atom. The molecule has 0 amide bonds. The van der Waals surface area contributed by atoms with Crippen molar-refractivity contribution in [2.24, 2.45) is 11.8 Å².